The topological polar surface area (TPSA) is 110 Å². The predicted molar refractivity (Wildman–Crippen MR) is 235 cm³/mol. The van der Waals surface area contributed by atoms with Gasteiger partial charge < -0.3 is 15.3 Å². The first kappa shape index (κ1) is 40.2. The van der Waals surface area contributed by atoms with E-state index >= 15 is 4.79 Å². The summed E-state index contributed by atoms with van der Waals surface area (Å²) in [6.45, 7) is 0.802. The van der Waals surface area contributed by atoms with Crippen LogP contribution in [0.4, 0.5) is 4.79 Å². The number of carbonyl (C=O) groups is 4. The molecule has 0 spiro atoms. The predicted octanol–water partition coefficient (Wildman–Crippen LogP) is 8.65. The lowest BCUT2D eigenvalue weighted by Gasteiger charge is -2.35. The van der Waals surface area contributed by atoms with Crippen LogP contribution in [0.25, 0.3) is 21.9 Å². The van der Waals surface area contributed by atoms with Crippen LogP contribution in [0.2, 0.25) is 0 Å². The third-order valence-electron chi connectivity index (χ3n) is 12.2. The summed E-state index contributed by atoms with van der Waals surface area (Å²) < 4.78 is 0. The van der Waals surface area contributed by atoms with E-state index in [-0.39, 0.29) is 68.1 Å². The summed E-state index contributed by atoms with van der Waals surface area (Å²) >= 11 is 0. The lowest BCUT2D eigenvalue weighted by molar-refractivity contribution is -0.137. The van der Waals surface area contributed by atoms with Crippen molar-refractivity contribution in [2.24, 2.45) is 5.92 Å². The molecule has 1 heterocycles. The van der Waals surface area contributed by atoms with Crippen molar-refractivity contribution in [3.63, 3.8) is 0 Å². The lowest BCUT2D eigenvalue weighted by atomic mass is 9.83. The third kappa shape index (κ3) is 8.87. The molecule has 3 amide bonds. The summed E-state index contributed by atoms with van der Waals surface area (Å²) in [4.78, 5) is 60.0. The van der Waals surface area contributed by atoms with E-state index in [0.29, 0.717) is 18.5 Å². The summed E-state index contributed by atoms with van der Waals surface area (Å²) in [6, 6.07) is 49.1. The zero-order chi connectivity index (χ0) is 41.6. The number of amides is 3. The molecule has 2 unspecified atom stereocenters. The van der Waals surface area contributed by atoms with E-state index in [4.69, 9.17) is 0 Å². The fraction of sp³-hybridized carbons (Fsp3) is 0.255. The number of fused-ring (bicyclic) bond motifs is 4. The van der Waals surface area contributed by atoms with Gasteiger partial charge in [0.15, 0.2) is 5.78 Å². The summed E-state index contributed by atoms with van der Waals surface area (Å²) in [6.07, 6.45) is -0.0859. The molecule has 60 heavy (non-hydrogen) atoms. The van der Waals surface area contributed by atoms with Crippen molar-refractivity contribution in [1.29, 1.82) is 0 Å². The molecular formula is C51H50N4O5. The molecule has 0 radical (unpaired) electrons. The normalized spacial score (nSPS) is 16.5. The number of benzene rings is 6. The fourth-order valence-electron chi connectivity index (χ4n) is 9.28. The number of Topliss-reactive ketones (excluding diaryl/α,β-unsaturated/α-hetero) is 1. The maximum absolute atomic E-state index is 15.2. The zero-order valence-corrected chi connectivity index (χ0v) is 33.8. The Morgan fingerprint density at radius 1 is 0.733 bits per heavy atom. The number of hydrogen-bond donors (Lipinski definition) is 2. The molecule has 2 atom stereocenters. The van der Waals surface area contributed by atoms with Gasteiger partial charge in [-0.05, 0) is 82.1 Å². The minimum Gasteiger partial charge on any atom is -0.465 e. The minimum atomic E-state index is -1.16. The smallest absolute Gasteiger partial charge is 0.409 e. The molecule has 0 saturated carbocycles. The molecule has 6 aromatic carbocycles. The Morgan fingerprint density at radius 3 is 1.95 bits per heavy atom. The van der Waals surface area contributed by atoms with Gasteiger partial charge in [-0.3, -0.25) is 24.2 Å². The second kappa shape index (κ2) is 18.1. The summed E-state index contributed by atoms with van der Waals surface area (Å²) in [5.41, 5.74) is 7.41. The first-order valence-electron chi connectivity index (χ1n) is 20.8. The molecule has 1 aliphatic heterocycles. The van der Waals surface area contributed by atoms with E-state index in [9.17, 15) is 19.5 Å². The standard InChI is InChI=1S/C51H50N4O5/c1-53-32-35(28-46-44-22-12-10-20-42(44)43-21-11-13-23-45(43)46)29-48(55(34-53)51(59)60)50(58)54(33-47(37-15-4-2-5-16-37)38-17-6-3-7-18-38)27-26-41(56)31-52-49(57)40-25-24-36-14-8-9-19-39(36)30-40/h2-25,30,35,46-48H,26-29,31-34H2,1H3,(H,52,57)(H,59,60). The van der Waals surface area contributed by atoms with Gasteiger partial charge in [0.1, 0.15) is 6.04 Å². The molecule has 6 aromatic rings. The molecule has 9 nitrogen and oxygen atoms in total. The Balaban J connectivity index is 1.06. The molecule has 1 saturated heterocycles. The van der Waals surface area contributed by atoms with Crippen LogP contribution in [-0.4, -0.2) is 89.4 Å². The van der Waals surface area contributed by atoms with Crippen LogP contribution in [0.1, 0.15) is 63.7 Å². The highest BCUT2D eigenvalue weighted by atomic mass is 16.4. The van der Waals surface area contributed by atoms with E-state index in [0.717, 1.165) is 28.3 Å². The number of carboxylic acid groups (broad SMARTS) is 1. The molecule has 0 bridgehead atoms. The van der Waals surface area contributed by atoms with Crippen LogP contribution in [0.3, 0.4) is 0 Å². The summed E-state index contributed by atoms with van der Waals surface area (Å²) in [5, 5.41) is 15.4. The number of ketones is 1. The van der Waals surface area contributed by atoms with E-state index in [2.05, 4.69) is 53.8 Å². The molecule has 9 heteroatoms. The number of rotatable bonds is 13. The minimum absolute atomic E-state index is 0.00893. The lowest BCUT2D eigenvalue weighted by Crippen LogP contribution is -2.53. The molecule has 2 aliphatic rings. The largest absolute Gasteiger partial charge is 0.465 e. The average molecular weight is 799 g/mol. The van der Waals surface area contributed by atoms with Crippen LogP contribution >= 0.6 is 0 Å². The van der Waals surface area contributed by atoms with Crippen LogP contribution in [0.5, 0.6) is 0 Å². The van der Waals surface area contributed by atoms with Crippen molar-refractivity contribution in [3.8, 4) is 11.1 Å². The Kier molecular flexibility index (Phi) is 12.2. The van der Waals surface area contributed by atoms with Crippen molar-refractivity contribution in [1.82, 2.24) is 20.0 Å². The van der Waals surface area contributed by atoms with Gasteiger partial charge in [0.25, 0.3) is 5.91 Å². The molecular weight excluding hydrogens is 749 g/mol. The van der Waals surface area contributed by atoms with Gasteiger partial charge >= 0.3 is 6.09 Å². The Bertz CT molecular complexity index is 2410. The number of nitrogens with one attached hydrogen (secondary N) is 1. The van der Waals surface area contributed by atoms with E-state index < -0.39 is 12.1 Å². The van der Waals surface area contributed by atoms with Crippen molar-refractivity contribution in [2.75, 3.05) is 39.9 Å². The third-order valence-corrected chi connectivity index (χ3v) is 12.2. The van der Waals surface area contributed by atoms with Crippen LogP contribution in [0.15, 0.2) is 152 Å². The van der Waals surface area contributed by atoms with Crippen molar-refractivity contribution >= 4 is 34.5 Å². The molecule has 0 aromatic heterocycles. The monoisotopic (exact) mass is 798 g/mol. The highest BCUT2D eigenvalue weighted by molar-refractivity contribution is 6.00. The molecule has 304 valence electrons. The second-order valence-corrected chi connectivity index (χ2v) is 16.2. The zero-order valence-electron chi connectivity index (χ0n) is 33.8. The number of hydrogen-bond acceptors (Lipinski definition) is 5. The maximum Gasteiger partial charge on any atom is 0.409 e. The number of nitrogens with zero attached hydrogens (tertiary/aromatic N) is 3. The van der Waals surface area contributed by atoms with Gasteiger partial charge in [0.05, 0.1) is 13.2 Å². The Morgan fingerprint density at radius 2 is 1.32 bits per heavy atom. The van der Waals surface area contributed by atoms with Crippen LogP contribution in [-0.2, 0) is 9.59 Å². The molecule has 8 rings (SSSR count). The van der Waals surface area contributed by atoms with Crippen molar-refractivity contribution in [2.45, 2.75) is 37.1 Å². The Labute approximate surface area is 351 Å². The van der Waals surface area contributed by atoms with E-state index in [1.54, 1.807) is 17.0 Å². The van der Waals surface area contributed by atoms with Crippen LogP contribution < -0.4 is 5.32 Å². The second-order valence-electron chi connectivity index (χ2n) is 16.2. The van der Waals surface area contributed by atoms with E-state index in [1.807, 2.05) is 103 Å². The van der Waals surface area contributed by atoms with Gasteiger partial charge in [-0.15, -0.1) is 0 Å². The summed E-state index contributed by atoms with van der Waals surface area (Å²) in [5.74, 6) is -1.05. The molecule has 1 fully saturated rings. The van der Waals surface area contributed by atoms with Gasteiger partial charge in [-0.1, -0.05) is 140 Å². The molecule has 2 N–H and O–H groups in total. The van der Waals surface area contributed by atoms with Gasteiger partial charge in [-0.25, -0.2) is 4.79 Å². The van der Waals surface area contributed by atoms with Crippen molar-refractivity contribution < 1.29 is 24.3 Å². The maximum atomic E-state index is 15.2. The van der Waals surface area contributed by atoms with E-state index in [1.165, 1.54) is 27.2 Å². The highest BCUT2D eigenvalue weighted by Crippen LogP contribution is 2.48. The SMILES string of the molecule is CN1CC(CC2c3ccccc3-c3ccccc32)CC(C(=O)N(CCC(=O)CNC(=O)c2ccc3ccccc3c2)CC(c2ccccc2)c2ccccc2)N(C(=O)O)C1. The fourth-order valence-corrected chi connectivity index (χ4v) is 9.28. The van der Waals surface area contributed by atoms with Gasteiger partial charge in [-0.2, -0.15) is 0 Å². The van der Waals surface area contributed by atoms with Crippen LogP contribution in [0, 0.1) is 5.92 Å². The van der Waals surface area contributed by atoms with Gasteiger partial charge in [0.2, 0.25) is 5.91 Å². The Hall–Kier alpha value is -6.58. The number of carbonyl (C=O) groups excluding carboxylic acids is 3. The first-order valence-corrected chi connectivity index (χ1v) is 20.8. The summed E-state index contributed by atoms with van der Waals surface area (Å²) in [7, 11) is 1.91. The molecule has 1 aliphatic carbocycles. The quantitative estimate of drug-likeness (QED) is 0.121. The van der Waals surface area contributed by atoms with Crippen molar-refractivity contribution in [3.05, 3.63) is 179 Å². The average Bonchev–Trinajstić information content (AvgIpc) is 3.48. The van der Waals surface area contributed by atoms with Gasteiger partial charge in [0, 0.05) is 43.5 Å². The highest BCUT2D eigenvalue weighted by Gasteiger charge is 2.41. The first-order chi connectivity index (χ1) is 29.2.